The Labute approximate surface area is 109 Å². The van der Waals surface area contributed by atoms with E-state index in [4.69, 9.17) is 4.74 Å². The van der Waals surface area contributed by atoms with E-state index in [0.29, 0.717) is 6.42 Å². The van der Waals surface area contributed by atoms with Gasteiger partial charge in [-0.2, -0.15) is 0 Å². The lowest BCUT2D eigenvalue weighted by atomic mass is 9.96. The molecule has 0 bridgehead atoms. The monoisotopic (exact) mass is 247 g/mol. The van der Waals surface area contributed by atoms with Crippen molar-refractivity contribution in [2.24, 2.45) is 0 Å². The highest BCUT2D eigenvalue weighted by Crippen LogP contribution is 2.26. The van der Waals surface area contributed by atoms with Crippen LogP contribution < -0.4 is 5.32 Å². The first kappa shape index (κ1) is 12.9. The zero-order valence-corrected chi connectivity index (χ0v) is 11.3. The minimum atomic E-state index is -0.399. The maximum Gasteiger partial charge on any atom is 0.308 e. The Morgan fingerprint density at radius 2 is 2.11 bits per heavy atom. The summed E-state index contributed by atoms with van der Waals surface area (Å²) in [6.07, 6.45) is 2.44. The van der Waals surface area contributed by atoms with E-state index in [1.165, 1.54) is 5.56 Å². The van der Waals surface area contributed by atoms with Gasteiger partial charge in [0.1, 0.15) is 5.60 Å². The summed E-state index contributed by atoms with van der Waals surface area (Å²) in [4.78, 5) is 11.8. The number of esters is 1. The number of ether oxygens (including phenoxy) is 1. The van der Waals surface area contributed by atoms with Gasteiger partial charge in [-0.05, 0) is 45.2 Å². The van der Waals surface area contributed by atoms with Crippen molar-refractivity contribution >= 4 is 11.7 Å². The normalized spacial score (nSPS) is 18.7. The van der Waals surface area contributed by atoms with Crippen LogP contribution in [0, 0.1) is 0 Å². The largest absolute Gasteiger partial charge is 0.460 e. The molecular weight excluding hydrogens is 226 g/mol. The molecule has 1 atom stereocenters. The second-order valence-corrected chi connectivity index (χ2v) is 5.83. The Morgan fingerprint density at radius 1 is 1.39 bits per heavy atom. The van der Waals surface area contributed by atoms with Gasteiger partial charge in [0.25, 0.3) is 0 Å². The molecule has 1 aromatic rings. The van der Waals surface area contributed by atoms with Crippen LogP contribution in [0.2, 0.25) is 0 Å². The highest BCUT2D eigenvalue weighted by Gasteiger charge is 2.23. The molecule has 1 aliphatic rings. The molecule has 2 rings (SSSR count). The van der Waals surface area contributed by atoms with Crippen LogP contribution in [0.25, 0.3) is 0 Å². The molecule has 18 heavy (non-hydrogen) atoms. The predicted octanol–water partition coefficient (Wildman–Crippen LogP) is 3.15. The molecule has 3 nitrogen and oxygen atoms in total. The number of aryl methyl sites for hydroxylation is 1. The third-order valence-corrected chi connectivity index (χ3v) is 2.97. The molecule has 0 amide bonds. The maximum atomic E-state index is 11.8. The Morgan fingerprint density at radius 3 is 2.83 bits per heavy atom. The molecule has 0 radical (unpaired) electrons. The number of fused-ring (bicyclic) bond motifs is 1. The van der Waals surface area contributed by atoms with E-state index in [2.05, 4.69) is 23.5 Å². The van der Waals surface area contributed by atoms with Crippen LogP contribution in [0.1, 0.15) is 39.2 Å². The quantitative estimate of drug-likeness (QED) is 0.816. The van der Waals surface area contributed by atoms with Crippen LogP contribution in [0.5, 0.6) is 0 Å². The minimum absolute atomic E-state index is 0.126. The van der Waals surface area contributed by atoms with E-state index in [1.807, 2.05) is 26.8 Å². The topological polar surface area (TPSA) is 38.3 Å². The number of carbonyl (C=O) groups is 1. The van der Waals surface area contributed by atoms with Gasteiger partial charge in [-0.25, -0.2) is 0 Å². The van der Waals surface area contributed by atoms with Crippen molar-refractivity contribution in [2.75, 3.05) is 5.32 Å². The number of hydrogen-bond donors (Lipinski definition) is 1. The third kappa shape index (κ3) is 3.49. The lowest BCUT2D eigenvalue weighted by Gasteiger charge is -2.27. The summed E-state index contributed by atoms with van der Waals surface area (Å²) in [5.41, 5.74) is 2.08. The summed E-state index contributed by atoms with van der Waals surface area (Å²) in [7, 11) is 0. The average molecular weight is 247 g/mol. The van der Waals surface area contributed by atoms with Gasteiger partial charge in [0, 0.05) is 11.7 Å². The highest BCUT2D eigenvalue weighted by atomic mass is 16.6. The molecule has 3 heteroatoms. The second kappa shape index (κ2) is 5.01. The van der Waals surface area contributed by atoms with Crippen LogP contribution in [0.3, 0.4) is 0 Å². The summed E-state index contributed by atoms with van der Waals surface area (Å²) in [6.45, 7) is 5.69. The fourth-order valence-electron chi connectivity index (χ4n) is 2.24. The fourth-order valence-corrected chi connectivity index (χ4v) is 2.24. The standard InChI is InChI=1S/C15H21NO2/c1-15(2,3)18-14(17)10-12-9-8-11-6-4-5-7-13(11)16-12/h4-7,12,16H,8-10H2,1-3H3. The van der Waals surface area contributed by atoms with Crippen LogP contribution in [-0.4, -0.2) is 17.6 Å². The van der Waals surface area contributed by atoms with Crippen molar-refractivity contribution in [1.82, 2.24) is 0 Å². The zero-order valence-electron chi connectivity index (χ0n) is 11.3. The number of nitrogens with one attached hydrogen (secondary N) is 1. The predicted molar refractivity (Wildman–Crippen MR) is 72.6 cm³/mol. The molecule has 0 aliphatic carbocycles. The highest BCUT2D eigenvalue weighted by molar-refractivity contribution is 5.71. The summed E-state index contributed by atoms with van der Waals surface area (Å²) in [6, 6.07) is 8.45. The van der Waals surface area contributed by atoms with E-state index in [9.17, 15) is 4.79 Å². The lowest BCUT2D eigenvalue weighted by Crippen LogP contribution is -2.31. The molecule has 0 saturated heterocycles. The van der Waals surface area contributed by atoms with Gasteiger partial charge >= 0.3 is 5.97 Å². The number of rotatable bonds is 2. The maximum absolute atomic E-state index is 11.8. The van der Waals surface area contributed by atoms with Gasteiger partial charge in [0.05, 0.1) is 6.42 Å². The van der Waals surface area contributed by atoms with Gasteiger partial charge in [0.2, 0.25) is 0 Å². The average Bonchev–Trinajstić information content (AvgIpc) is 2.26. The van der Waals surface area contributed by atoms with Gasteiger partial charge in [-0.3, -0.25) is 4.79 Å². The van der Waals surface area contributed by atoms with Crippen molar-refractivity contribution in [3.05, 3.63) is 29.8 Å². The first-order valence-corrected chi connectivity index (χ1v) is 6.50. The molecule has 98 valence electrons. The molecule has 1 aromatic carbocycles. The van der Waals surface area contributed by atoms with E-state index < -0.39 is 5.60 Å². The summed E-state index contributed by atoms with van der Waals surface area (Å²) < 4.78 is 5.35. The first-order chi connectivity index (χ1) is 8.44. The molecule has 0 aromatic heterocycles. The van der Waals surface area contributed by atoms with Gasteiger partial charge < -0.3 is 10.1 Å². The lowest BCUT2D eigenvalue weighted by molar-refractivity contribution is -0.155. The van der Waals surface area contributed by atoms with Crippen molar-refractivity contribution in [2.45, 2.75) is 51.7 Å². The van der Waals surface area contributed by atoms with E-state index in [-0.39, 0.29) is 12.0 Å². The smallest absolute Gasteiger partial charge is 0.308 e. The Kier molecular flexibility index (Phi) is 3.60. The number of benzene rings is 1. The molecule has 1 heterocycles. The molecular formula is C15H21NO2. The number of carbonyl (C=O) groups excluding carboxylic acids is 1. The molecule has 0 saturated carbocycles. The summed E-state index contributed by atoms with van der Waals surface area (Å²) in [5.74, 6) is -0.126. The van der Waals surface area contributed by atoms with Gasteiger partial charge in [-0.15, -0.1) is 0 Å². The second-order valence-electron chi connectivity index (χ2n) is 5.83. The Bertz CT molecular complexity index is 434. The van der Waals surface area contributed by atoms with Crippen LogP contribution in [0.15, 0.2) is 24.3 Å². The summed E-state index contributed by atoms with van der Waals surface area (Å²) >= 11 is 0. The van der Waals surface area contributed by atoms with Crippen molar-refractivity contribution in [3.8, 4) is 0 Å². The summed E-state index contributed by atoms with van der Waals surface area (Å²) in [5, 5.41) is 3.41. The van der Waals surface area contributed by atoms with E-state index >= 15 is 0 Å². The Hall–Kier alpha value is -1.51. The van der Waals surface area contributed by atoms with Gasteiger partial charge in [0.15, 0.2) is 0 Å². The molecule has 0 fully saturated rings. The van der Waals surface area contributed by atoms with Crippen LogP contribution in [-0.2, 0) is 16.0 Å². The first-order valence-electron chi connectivity index (χ1n) is 6.50. The number of anilines is 1. The molecule has 1 unspecified atom stereocenters. The molecule has 1 N–H and O–H groups in total. The van der Waals surface area contributed by atoms with Crippen LogP contribution in [0.4, 0.5) is 5.69 Å². The SMILES string of the molecule is CC(C)(C)OC(=O)CC1CCc2ccccc2N1. The third-order valence-electron chi connectivity index (χ3n) is 2.97. The van der Waals surface area contributed by atoms with E-state index in [0.717, 1.165) is 18.5 Å². The minimum Gasteiger partial charge on any atom is -0.460 e. The van der Waals surface area contributed by atoms with Crippen LogP contribution >= 0.6 is 0 Å². The van der Waals surface area contributed by atoms with E-state index in [1.54, 1.807) is 0 Å². The molecule has 1 aliphatic heterocycles. The molecule has 0 spiro atoms. The Balaban J connectivity index is 1.92. The van der Waals surface area contributed by atoms with Crippen molar-refractivity contribution in [3.63, 3.8) is 0 Å². The number of para-hydroxylation sites is 1. The van der Waals surface area contributed by atoms with Crippen molar-refractivity contribution < 1.29 is 9.53 Å². The zero-order chi connectivity index (χ0) is 13.2. The van der Waals surface area contributed by atoms with Crippen molar-refractivity contribution in [1.29, 1.82) is 0 Å². The van der Waals surface area contributed by atoms with Gasteiger partial charge in [-0.1, -0.05) is 18.2 Å². The number of hydrogen-bond acceptors (Lipinski definition) is 3. The fraction of sp³-hybridized carbons (Fsp3) is 0.533.